The molecule has 170 valence electrons. The standard InChI is InChI=1S/C29H30O4/c1-20(2)10-15-25-21(3)11-16-26(29(25)31)27(30)17-13-23-12-14-24(18-28(23)32-4)33-19-22-8-6-5-7-9-22/h5-14,16-18,31H,15,19H2,1-4H3/b17-13+. The monoisotopic (exact) mass is 442 g/mol. The van der Waals surface area contributed by atoms with Crippen molar-refractivity contribution in [3.05, 3.63) is 106 Å². The van der Waals surface area contributed by atoms with Gasteiger partial charge in [0.25, 0.3) is 0 Å². The van der Waals surface area contributed by atoms with Crippen molar-refractivity contribution < 1.29 is 19.4 Å². The molecule has 4 heteroatoms. The number of phenolic OH excluding ortho intramolecular Hbond substituents is 1. The van der Waals surface area contributed by atoms with Crippen LogP contribution in [0, 0.1) is 6.92 Å². The summed E-state index contributed by atoms with van der Waals surface area (Å²) in [5.41, 5.74) is 5.00. The van der Waals surface area contributed by atoms with Crippen LogP contribution in [0.2, 0.25) is 0 Å². The van der Waals surface area contributed by atoms with Gasteiger partial charge in [0.05, 0.1) is 12.7 Å². The van der Waals surface area contributed by atoms with E-state index in [-0.39, 0.29) is 17.1 Å². The van der Waals surface area contributed by atoms with Crippen LogP contribution in [0.15, 0.2) is 78.4 Å². The zero-order chi connectivity index (χ0) is 23.8. The smallest absolute Gasteiger partial charge is 0.189 e. The molecule has 0 atom stereocenters. The first-order chi connectivity index (χ1) is 15.9. The Bertz CT molecular complexity index is 1170. The molecule has 0 bridgehead atoms. The quantitative estimate of drug-likeness (QED) is 0.228. The summed E-state index contributed by atoms with van der Waals surface area (Å²) >= 11 is 0. The van der Waals surface area contributed by atoms with Crippen LogP contribution in [0.4, 0.5) is 0 Å². The predicted molar refractivity (Wildman–Crippen MR) is 133 cm³/mol. The molecule has 0 saturated carbocycles. The molecule has 0 aromatic heterocycles. The van der Waals surface area contributed by atoms with E-state index in [4.69, 9.17) is 9.47 Å². The van der Waals surface area contributed by atoms with Gasteiger partial charge < -0.3 is 14.6 Å². The van der Waals surface area contributed by atoms with Gasteiger partial charge in [-0.05, 0) is 68.7 Å². The average molecular weight is 443 g/mol. The highest BCUT2D eigenvalue weighted by Crippen LogP contribution is 2.29. The Hall–Kier alpha value is -3.79. The molecular weight excluding hydrogens is 412 g/mol. The number of ether oxygens (including phenoxy) is 2. The molecule has 3 aromatic rings. The van der Waals surface area contributed by atoms with Crippen molar-refractivity contribution in [2.24, 2.45) is 0 Å². The molecule has 0 heterocycles. The Morgan fingerprint density at radius 2 is 1.79 bits per heavy atom. The molecule has 0 fully saturated rings. The number of rotatable bonds is 9. The maximum Gasteiger partial charge on any atom is 0.189 e. The molecule has 4 nitrogen and oxygen atoms in total. The summed E-state index contributed by atoms with van der Waals surface area (Å²) in [5, 5.41) is 10.7. The Balaban J connectivity index is 1.76. The van der Waals surface area contributed by atoms with E-state index in [1.54, 1.807) is 25.3 Å². The van der Waals surface area contributed by atoms with Gasteiger partial charge in [0.2, 0.25) is 0 Å². The fourth-order valence-corrected chi connectivity index (χ4v) is 3.41. The summed E-state index contributed by atoms with van der Waals surface area (Å²) in [4.78, 5) is 12.8. The number of allylic oxidation sites excluding steroid dienone is 3. The van der Waals surface area contributed by atoms with Crippen LogP contribution in [-0.2, 0) is 13.0 Å². The number of methoxy groups -OCH3 is 1. The third-order valence-corrected chi connectivity index (χ3v) is 5.36. The molecule has 0 saturated heterocycles. The van der Waals surface area contributed by atoms with Gasteiger partial charge in [0, 0.05) is 17.2 Å². The van der Waals surface area contributed by atoms with Gasteiger partial charge in [0.1, 0.15) is 23.9 Å². The summed E-state index contributed by atoms with van der Waals surface area (Å²) in [6.07, 6.45) is 5.77. The lowest BCUT2D eigenvalue weighted by molar-refractivity contribution is 0.104. The molecule has 3 aromatic carbocycles. The third kappa shape index (κ3) is 6.36. The summed E-state index contributed by atoms with van der Waals surface area (Å²) in [6, 6.07) is 19.0. The lowest BCUT2D eigenvalue weighted by atomic mass is 9.97. The van der Waals surface area contributed by atoms with Crippen LogP contribution in [-0.4, -0.2) is 18.0 Å². The zero-order valence-corrected chi connectivity index (χ0v) is 19.6. The van der Waals surface area contributed by atoms with Crippen molar-refractivity contribution in [1.29, 1.82) is 0 Å². The number of carbonyl (C=O) groups excluding carboxylic acids is 1. The number of phenols is 1. The maximum absolute atomic E-state index is 12.8. The predicted octanol–water partition coefficient (Wildman–Crippen LogP) is 6.69. The van der Waals surface area contributed by atoms with Crippen molar-refractivity contribution in [2.45, 2.75) is 33.8 Å². The minimum Gasteiger partial charge on any atom is -0.507 e. The second kappa shape index (κ2) is 11.2. The first kappa shape index (κ1) is 23.9. The van der Waals surface area contributed by atoms with Crippen LogP contribution in [0.25, 0.3) is 6.08 Å². The maximum atomic E-state index is 12.8. The molecule has 0 aliphatic carbocycles. The number of aryl methyl sites for hydroxylation is 1. The van der Waals surface area contributed by atoms with Crippen molar-refractivity contribution in [3.63, 3.8) is 0 Å². The van der Waals surface area contributed by atoms with Gasteiger partial charge in [-0.25, -0.2) is 0 Å². The van der Waals surface area contributed by atoms with Gasteiger partial charge in [-0.2, -0.15) is 0 Å². The van der Waals surface area contributed by atoms with Crippen LogP contribution in [0.5, 0.6) is 17.2 Å². The van der Waals surface area contributed by atoms with Gasteiger partial charge in [-0.3, -0.25) is 4.79 Å². The summed E-state index contributed by atoms with van der Waals surface area (Å²) in [5.74, 6) is 1.05. The van der Waals surface area contributed by atoms with Gasteiger partial charge >= 0.3 is 0 Å². The molecule has 0 aliphatic rings. The van der Waals surface area contributed by atoms with Gasteiger partial charge in [0.15, 0.2) is 5.78 Å². The van der Waals surface area contributed by atoms with Crippen LogP contribution in [0.3, 0.4) is 0 Å². The van der Waals surface area contributed by atoms with Crippen molar-refractivity contribution in [1.82, 2.24) is 0 Å². The van der Waals surface area contributed by atoms with E-state index in [2.05, 4.69) is 0 Å². The molecular formula is C29H30O4. The largest absolute Gasteiger partial charge is 0.507 e. The van der Waals surface area contributed by atoms with Crippen LogP contribution >= 0.6 is 0 Å². The number of ketones is 1. The number of aromatic hydroxyl groups is 1. The average Bonchev–Trinajstić information content (AvgIpc) is 2.81. The van der Waals surface area contributed by atoms with E-state index in [0.29, 0.717) is 24.5 Å². The second-order valence-electron chi connectivity index (χ2n) is 8.12. The first-order valence-electron chi connectivity index (χ1n) is 10.9. The Kier molecular flexibility index (Phi) is 8.09. The third-order valence-electron chi connectivity index (χ3n) is 5.36. The molecule has 0 spiro atoms. The number of hydrogen-bond donors (Lipinski definition) is 1. The minimum absolute atomic E-state index is 0.0405. The van der Waals surface area contributed by atoms with E-state index in [1.165, 1.54) is 6.08 Å². The topological polar surface area (TPSA) is 55.8 Å². The van der Waals surface area contributed by atoms with Gasteiger partial charge in [-0.15, -0.1) is 0 Å². The minimum atomic E-state index is -0.266. The highest BCUT2D eigenvalue weighted by atomic mass is 16.5. The number of hydrogen-bond acceptors (Lipinski definition) is 4. The molecule has 33 heavy (non-hydrogen) atoms. The second-order valence-corrected chi connectivity index (χ2v) is 8.12. The van der Waals surface area contributed by atoms with E-state index in [0.717, 1.165) is 27.8 Å². The Labute approximate surface area is 195 Å². The van der Waals surface area contributed by atoms with Gasteiger partial charge in [-0.1, -0.05) is 48.0 Å². The fraction of sp³-hybridized carbons (Fsp3) is 0.207. The van der Waals surface area contributed by atoms with Crippen LogP contribution in [0.1, 0.15) is 46.5 Å². The van der Waals surface area contributed by atoms with E-state index in [1.807, 2.05) is 75.4 Å². The van der Waals surface area contributed by atoms with Crippen LogP contribution < -0.4 is 9.47 Å². The van der Waals surface area contributed by atoms with E-state index < -0.39 is 0 Å². The lowest BCUT2D eigenvalue weighted by Gasteiger charge is -2.11. The number of carbonyl (C=O) groups is 1. The number of benzene rings is 3. The van der Waals surface area contributed by atoms with E-state index >= 15 is 0 Å². The normalized spacial score (nSPS) is 10.8. The SMILES string of the molecule is COc1cc(OCc2ccccc2)ccc1/C=C/C(=O)c1ccc(C)c(CC=C(C)C)c1O. The summed E-state index contributed by atoms with van der Waals surface area (Å²) < 4.78 is 11.3. The molecule has 1 N–H and O–H groups in total. The van der Waals surface area contributed by atoms with Crippen molar-refractivity contribution in [2.75, 3.05) is 7.11 Å². The Morgan fingerprint density at radius 3 is 2.48 bits per heavy atom. The molecule has 0 amide bonds. The summed E-state index contributed by atoms with van der Waals surface area (Å²) in [7, 11) is 1.58. The highest BCUT2D eigenvalue weighted by Gasteiger charge is 2.14. The lowest BCUT2D eigenvalue weighted by Crippen LogP contribution is -2.00. The first-order valence-corrected chi connectivity index (χ1v) is 10.9. The molecule has 3 rings (SSSR count). The Morgan fingerprint density at radius 1 is 1.03 bits per heavy atom. The molecule has 0 radical (unpaired) electrons. The summed E-state index contributed by atoms with van der Waals surface area (Å²) in [6.45, 7) is 6.41. The molecule has 0 unspecified atom stereocenters. The molecule has 0 aliphatic heterocycles. The fourth-order valence-electron chi connectivity index (χ4n) is 3.41. The van der Waals surface area contributed by atoms with Crippen molar-refractivity contribution in [3.8, 4) is 17.2 Å². The van der Waals surface area contributed by atoms with E-state index in [9.17, 15) is 9.90 Å². The zero-order valence-electron chi connectivity index (χ0n) is 19.6. The highest BCUT2D eigenvalue weighted by molar-refractivity contribution is 6.09. The van der Waals surface area contributed by atoms with Crippen molar-refractivity contribution >= 4 is 11.9 Å².